The van der Waals surface area contributed by atoms with Gasteiger partial charge in [0.2, 0.25) is 0 Å². The van der Waals surface area contributed by atoms with E-state index < -0.39 is 0 Å². The molecule has 160 valence electrons. The minimum atomic E-state index is 0.106. The molecule has 0 saturated carbocycles. The highest BCUT2D eigenvalue weighted by Crippen LogP contribution is 2.49. The molecule has 6 rings (SSSR count). The second-order valence-electron chi connectivity index (χ2n) is 11.2. The summed E-state index contributed by atoms with van der Waals surface area (Å²) in [6.07, 6.45) is 6.74. The highest BCUT2D eigenvalue weighted by Gasteiger charge is 2.41. The van der Waals surface area contributed by atoms with E-state index in [4.69, 9.17) is 4.98 Å². The summed E-state index contributed by atoms with van der Waals surface area (Å²) in [6, 6.07) is 22.9. The van der Waals surface area contributed by atoms with Crippen LogP contribution in [0.25, 0.3) is 22.0 Å². The Balaban J connectivity index is 1.54. The van der Waals surface area contributed by atoms with Crippen LogP contribution in [-0.4, -0.2) is 4.98 Å². The lowest BCUT2D eigenvalue weighted by atomic mass is 9.68. The molecule has 0 atom stereocenters. The van der Waals surface area contributed by atoms with Gasteiger partial charge in [0.15, 0.2) is 0 Å². The van der Waals surface area contributed by atoms with Gasteiger partial charge >= 0.3 is 0 Å². The number of aryl methyl sites for hydroxylation is 1. The van der Waals surface area contributed by atoms with Crippen molar-refractivity contribution in [2.24, 2.45) is 5.41 Å². The Morgan fingerprint density at radius 1 is 0.781 bits per heavy atom. The highest BCUT2D eigenvalue weighted by atomic mass is 14.7. The van der Waals surface area contributed by atoms with Crippen LogP contribution in [0.1, 0.15) is 54.2 Å². The second kappa shape index (κ2) is 6.78. The fraction of sp³-hybridized carbons (Fsp3) is 0.323. The van der Waals surface area contributed by atoms with Gasteiger partial charge in [-0.3, -0.25) is 4.98 Å². The fourth-order valence-electron chi connectivity index (χ4n) is 6.45. The molecule has 2 aliphatic rings. The molecule has 1 aromatic heterocycles. The minimum absolute atomic E-state index is 0.106. The fourth-order valence-corrected chi connectivity index (χ4v) is 6.45. The minimum Gasteiger partial charge on any atom is -0.256 e. The van der Waals surface area contributed by atoms with Crippen molar-refractivity contribution in [1.82, 2.24) is 4.98 Å². The van der Waals surface area contributed by atoms with E-state index in [1.165, 1.54) is 57.9 Å². The molecule has 0 bridgehead atoms. The zero-order chi connectivity index (χ0) is 22.1. The summed E-state index contributed by atoms with van der Waals surface area (Å²) in [5.74, 6) is 0. The van der Waals surface area contributed by atoms with Gasteiger partial charge in [0.25, 0.3) is 0 Å². The topological polar surface area (TPSA) is 12.9 Å². The third kappa shape index (κ3) is 3.02. The van der Waals surface area contributed by atoms with E-state index in [9.17, 15) is 0 Å². The molecule has 4 aromatic rings. The Kier molecular flexibility index (Phi) is 4.18. The first-order chi connectivity index (χ1) is 15.3. The van der Waals surface area contributed by atoms with Crippen LogP contribution in [0.15, 0.2) is 66.9 Å². The molecule has 1 spiro atoms. The van der Waals surface area contributed by atoms with Crippen LogP contribution in [0, 0.1) is 12.3 Å². The van der Waals surface area contributed by atoms with Crippen LogP contribution >= 0.6 is 0 Å². The summed E-state index contributed by atoms with van der Waals surface area (Å²) in [6.45, 7) is 9.08. The van der Waals surface area contributed by atoms with Crippen molar-refractivity contribution in [3.05, 3.63) is 100 Å². The zero-order valence-electron chi connectivity index (χ0n) is 19.6. The lowest BCUT2D eigenvalue weighted by Crippen LogP contribution is -2.31. The van der Waals surface area contributed by atoms with E-state index in [2.05, 4.69) is 94.6 Å². The van der Waals surface area contributed by atoms with E-state index in [0.29, 0.717) is 5.41 Å². The third-order valence-electron chi connectivity index (χ3n) is 7.79. The predicted octanol–water partition coefficient (Wildman–Crippen LogP) is 7.39. The maximum Gasteiger partial charge on any atom is 0.0708 e. The molecule has 0 N–H and O–H groups in total. The Bertz CT molecular complexity index is 1340. The molecular formula is C31H31N. The third-order valence-corrected chi connectivity index (χ3v) is 7.79. The smallest absolute Gasteiger partial charge is 0.0708 e. The summed E-state index contributed by atoms with van der Waals surface area (Å²) in [4.78, 5) is 4.95. The Morgan fingerprint density at radius 3 is 2.19 bits per heavy atom. The van der Waals surface area contributed by atoms with Crippen LogP contribution in [0.5, 0.6) is 0 Å². The highest BCUT2D eigenvalue weighted by molar-refractivity contribution is 5.95. The van der Waals surface area contributed by atoms with Gasteiger partial charge in [-0.1, -0.05) is 75.4 Å². The van der Waals surface area contributed by atoms with Crippen molar-refractivity contribution >= 4 is 10.8 Å². The van der Waals surface area contributed by atoms with Crippen molar-refractivity contribution in [2.75, 3.05) is 0 Å². The lowest BCUT2D eigenvalue weighted by molar-refractivity contribution is 0.296. The number of hydrogen-bond donors (Lipinski definition) is 0. The van der Waals surface area contributed by atoms with Crippen molar-refractivity contribution in [1.29, 1.82) is 0 Å². The monoisotopic (exact) mass is 417 g/mol. The largest absolute Gasteiger partial charge is 0.256 e. The lowest BCUT2D eigenvalue weighted by Gasteiger charge is -2.36. The molecule has 0 unspecified atom stereocenters. The first-order valence-electron chi connectivity index (χ1n) is 11.9. The molecule has 3 aromatic carbocycles. The first kappa shape index (κ1) is 19.7. The maximum absolute atomic E-state index is 4.95. The van der Waals surface area contributed by atoms with Crippen LogP contribution < -0.4 is 0 Å². The van der Waals surface area contributed by atoms with Gasteiger partial charge in [-0.05, 0) is 93.7 Å². The van der Waals surface area contributed by atoms with E-state index in [-0.39, 0.29) is 5.41 Å². The molecule has 0 saturated heterocycles. The number of fused-ring (bicyclic) bond motifs is 1. The second-order valence-corrected chi connectivity index (χ2v) is 11.2. The molecule has 2 aliphatic carbocycles. The molecule has 0 radical (unpaired) electrons. The van der Waals surface area contributed by atoms with Crippen molar-refractivity contribution in [3.8, 4) is 11.3 Å². The number of pyridine rings is 1. The summed E-state index contributed by atoms with van der Waals surface area (Å²) in [7, 11) is 0. The first-order valence-corrected chi connectivity index (χ1v) is 11.9. The molecule has 0 aliphatic heterocycles. The van der Waals surface area contributed by atoms with Gasteiger partial charge in [0.1, 0.15) is 0 Å². The average Bonchev–Trinajstić information content (AvgIpc) is 3.10. The van der Waals surface area contributed by atoms with E-state index in [0.717, 1.165) is 12.1 Å². The Morgan fingerprint density at radius 2 is 1.47 bits per heavy atom. The van der Waals surface area contributed by atoms with Gasteiger partial charge < -0.3 is 0 Å². The number of hydrogen-bond acceptors (Lipinski definition) is 1. The molecule has 0 amide bonds. The molecule has 1 heterocycles. The maximum atomic E-state index is 4.95. The summed E-state index contributed by atoms with van der Waals surface area (Å²) in [5.41, 5.74) is 11.6. The quantitative estimate of drug-likeness (QED) is 0.314. The molecule has 0 fully saturated rings. The van der Waals surface area contributed by atoms with Gasteiger partial charge in [-0.15, -0.1) is 0 Å². The van der Waals surface area contributed by atoms with E-state index in [1.807, 2.05) is 0 Å². The Hall–Kier alpha value is -2.93. The van der Waals surface area contributed by atoms with Crippen LogP contribution in [-0.2, 0) is 31.1 Å². The van der Waals surface area contributed by atoms with Gasteiger partial charge in [-0.2, -0.15) is 0 Å². The Labute approximate surface area is 191 Å². The molecule has 32 heavy (non-hydrogen) atoms. The van der Waals surface area contributed by atoms with Crippen molar-refractivity contribution in [2.45, 2.75) is 58.8 Å². The number of nitrogens with zero attached hydrogens (tertiary/aromatic N) is 1. The molecular weight excluding hydrogens is 386 g/mol. The number of rotatable bonds is 1. The SMILES string of the molecule is Cc1cnc(-c2ccc3cccc4c3c2CC2(Cc3ccccc3C2)C4)cc1C(C)(C)C. The van der Waals surface area contributed by atoms with E-state index >= 15 is 0 Å². The van der Waals surface area contributed by atoms with E-state index in [1.54, 1.807) is 11.1 Å². The molecule has 1 nitrogen and oxygen atoms in total. The summed E-state index contributed by atoms with van der Waals surface area (Å²) < 4.78 is 0. The zero-order valence-corrected chi connectivity index (χ0v) is 19.6. The van der Waals surface area contributed by atoms with Gasteiger partial charge in [-0.25, -0.2) is 0 Å². The summed E-state index contributed by atoms with van der Waals surface area (Å²) in [5, 5.41) is 2.85. The van der Waals surface area contributed by atoms with Crippen LogP contribution in [0.2, 0.25) is 0 Å². The van der Waals surface area contributed by atoms with Gasteiger partial charge in [0, 0.05) is 11.8 Å². The molecule has 1 heteroatoms. The van der Waals surface area contributed by atoms with Crippen molar-refractivity contribution in [3.63, 3.8) is 0 Å². The predicted molar refractivity (Wildman–Crippen MR) is 134 cm³/mol. The number of benzene rings is 3. The standard InChI is InChI=1S/C31H31N/c1-20-19-32-28(14-27(20)30(2,3)4)25-13-12-21-10-7-11-24-17-31(18-26(25)29(21)24)15-22-8-5-6-9-23(22)16-31/h5-14,19H,15-18H2,1-4H3. The van der Waals surface area contributed by atoms with Crippen molar-refractivity contribution < 1.29 is 0 Å². The summed E-state index contributed by atoms with van der Waals surface area (Å²) >= 11 is 0. The average molecular weight is 418 g/mol. The van der Waals surface area contributed by atoms with Gasteiger partial charge in [0.05, 0.1) is 5.69 Å². The van der Waals surface area contributed by atoms with Crippen LogP contribution in [0.3, 0.4) is 0 Å². The van der Waals surface area contributed by atoms with Crippen LogP contribution in [0.4, 0.5) is 0 Å². The number of aromatic nitrogens is 1. The normalized spacial score (nSPS) is 16.5.